The van der Waals surface area contributed by atoms with Crippen LogP contribution in [0.5, 0.6) is 23.0 Å². The topological polar surface area (TPSA) is 73.3 Å². The van der Waals surface area contributed by atoms with Crippen LogP contribution in [0.2, 0.25) is 0 Å². The maximum atomic E-state index is 5.88. The van der Waals surface area contributed by atoms with Gasteiger partial charge in [0.15, 0.2) is 29.0 Å². The normalized spacial score (nSPS) is 13.5. The number of fused-ring (bicyclic) bond motifs is 1. The Balaban J connectivity index is 1.68. The molecule has 7 nitrogen and oxygen atoms in total. The van der Waals surface area contributed by atoms with E-state index in [0.29, 0.717) is 43.8 Å². The number of ether oxygens (including phenoxy) is 4. The van der Waals surface area contributed by atoms with Crippen LogP contribution in [0, 0.1) is 0 Å². The first kappa shape index (κ1) is 19.7. The molecule has 0 spiro atoms. The van der Waals surface area contributed by atoms with Gasteiger partial charge in [-0.05, 0) is 25.1 Å². The molecule has 0 saturated heterocycles. The van der Waals surface area contributed by atoms with Gasteiger partial charge in [-0.25, -0.2) is 0 Å². The highest BCUT2D eigenvalue weighted by Crippen LogP contribution is 2.33. The highest BCUT2D eigenvalue weighted by Gasteiger charge is 2.15. The average Bonchev–Trinajstić information content (AvgIpc) is 2.97. The van der Waals surface area contributed by atoms with Crippen molar-refractivity contribution in [2.24, 2.45) is 4.99 Å². The van der Waals surface area contributed by atoms with Crippen molar-refractivity contribution in [3.05, 3.63) is 42.0 Å². The zero-order chi connectivity index (χ0) is 19.8. The third kappa shape index (κ3) is 4.79. The van der Waals surface area contributed by atoms with Crippen LogP contribution in [-0.4, -0.2) is 39.9 Å². The molecular weight excluding hydrogens is 358 g/mol. The van der Waals surface area contributed by atoms with Crippen molar-refractivity contribution in [1.29, 1.82) is 0 Å². The molecule has 2 aromatic rings. The lowest BCUT2D eigenvalue weighted by Crippen LogP contribution is -2.30. The van der Waals surface area contributed by atoms with Gasteiger partial charge in [0.25, 0.3) is 0 Å². The van der Waals surface area contributed by atoms with Crippen molar-refractivity contribution in [2.75, 3.05) is 39.3 Å². The Kier molecular flexibility index (Phi) is 6.84. The van der Waals surface area contributed by atoms with E-state index in [0.717, 1.165) is 29.2 Å². The molecule has 1 heterocycles. The van der Waals surface area contributed by atoms with Crippen LogP contribution in [0.15, 0.2) is 41.4 Å². The third-order valence-corrected chi connectivity index (χ3v) is 4.25. The smallest absolute Gasteiger partial charge is 0.195 e. The second kappa shape index (κ2) is 9.73. The van der Waals surface area contributed by atoms with E-state index in [-0.39, 0.29) is 0 Å². The predicted octanol–water partition coefficient (Wildman–Crippen LogP) is 3.44. The highest BCUT2D eigenvalue weighted by atomic mass is 16.5. The van der Waals surface area contributed by atoms with Crippen molar-refractivity contribution in [2.45, 2.75) is 19.9 Å². The molecule has 0 radical (unpaired) electrons. The van der Waals surface area contributed by atoms with Gasteiger partial charge < -0.3 is 29.6 Å². The van der Waals surface area contributed by atoms with Crippen LogP contribution in [-0.2, 0) is 6.54 Å². The highest BCUT2D eigenvalue weighted by molar-refractivity contribution is 5.93. The van der Waals surface area contributed by atoms with Gasteiger partial charge in [0, 0.05) is 37.3 Å². The van der Waals surface area contributed by atoms with Crippen LogP contribution in [0.4, 0.5) is 5.69 Å². The van der Waals surface area contributed by atoms with E-state index in [2.05, 4.69) is 15.6 Å². The first-order valence-corrected chi connectivity index (χ1v) is 9.41. The number of aliphatic imine (C=N–C) groups is 1. The molecule has 0 aromatic heterocycles. The minimum atomic E-state index is 0.556. The molecule has 3 rings (SSSR count). The van der Waals surface area contributed by atoms with Gasteiger partial charge in [-0.1, -0.05) is 12.1 Å². The van der Waals surface area contributed by atoms with Crippen LogP contribution >= 0.6 is 0 Å². The Morgan fingerprint density at radius 1 is 1.14 bits per heavy atom. The number of nitrogens with zero attached hydrogens (tertiary/aromatic N) is 1. The molecule has 0 atom stereocenters. The number of anilines is 1. The molecule has 0 saturated carbocycles. The maximum Gasteiger partial charge on any atom is 0.195 e. The number of methoxy groups -OCH3 is 1. The van der Waals surface area contributed by atoms with Crippen LogP contribution in [0.25, 0.3) is 0 Å². The lowest BCUT2D eigenvalue weighted by atomic mass is 10.2. The lowest BCUT2D eigenvalue weighted by molar-refractivity contribution is 0.296. The largest absolute Gasteiger partial charge is 0.493 e. The first-order chi connectivity index (χ1) is 13.7. The molecule has 2 N–H and O–H groups in total. The summed E-state index contributed by atoms with van der Waals surface area (Å²) >= 11 is 0. The van der Waals surface area contributed by atoms with Crippen LogP contribution < -0.4 is 29.6 Å². The third-order valence-electron chi connectivity index (χ3n) is 4.25. The standard InChI is InChI=1S/C21H27N3O4/c1-4-26-19-13-16(9-10-17(19)25-3)24-21(22-2)23-14-15-7-5-8-18-20(15)28-12-6-11-27-18/h5,7-10,13H,4,6,11-12,14H2,1-3H3,(H2,22,23,24). The number of guanidine groups is 1. The van der Waals surface area contributed by atoms with Crippen LogP contribution in [0.3, 0.4) is 0 Å². The number of hydrogen-bond donors (Lipinski definition) is 2. The number of nitrogens with one attached hydrogen (secondary N) is 2. The molecule has 150 valence electrons. The Bertz CT molecular complexity index is 823. The SMILES string of the molecule is CCOc1cc(NC(=NC)NCc2cccc3c2OCCCO3)ccc1OC. The zero-order valence-electron chi connectivity index (χ0n) is 16.6. The van der Waals surface area contributed by atoms with Crippen LogP contribution in [0.1, 0.15) is 18.9 Å². The number of rotatable bonds is 6. The molecule has 0 amide bonds. The van der Waals surface area contributed by atoms with E-state index in [1.165, 1.54) is 0 Å². The quantitative estimate of drug-likeness (QED) is 0.586. The van der Waals surface area contributed by atoms with E-state index in [4.69, 9.17) is 18.9 Å². The van der Waals surface area contributed by atoms with Gasteiger partial charge >= 0.3 is 0 Å². The number of hydrogen-bond acceptors (Lipinski definition) is 5. The Morgan fingerprint density at radius 2 is 2.00 bits per heavy atom. The van der Waals surface area contributed by atoms with Gasteiger partial charge in [-0.3, -0.25) is 4.99 Å². The molecule has 0 unspecified atom stereocenters. The van der Waals surface area contributed by atoms with Gasteiger partial charge in [0.05, 0.1) is 26.9 Å². The average molecular weight is 385 g/mol. The monoisotopic (exact) mass is 385 g/mol. The molecule has 0 aliphatic carbocycles. The van der Waals surface area contributed by atoms with Crippen molar-refractivity contribution >= 4 is 11.6 Å². The lowest BCUT2D eigenvalue weighted by Gasteiger charge is -2.16. The number of benzene rings is 2. The van der Waals surface area contributed by atoms with Crippen molar-refractivity contribution in [3.63, 3.8) is 0 Å². The summed E-state index contributed by atoms with van der Waals surface area (Å²) in [7, 11) is 3.35. The van der Waals surface area contributed by atoms with Gasteiger partial charge in [-0.2, -0.15) is 0 Å². The minimum Gasteiger partial charge on any atom is -0.493 e. The molecule has 7 heteroatoms. The number of para-hydroxylation sites is 1. The van der Waals surface area contributed by atoms with Gasteiger partial charge in [-0.15, -0.1) is 0 Å². The molecule has 0 bridgehead atoms. The van der Waals surface area contributed by atoms with Crippen molar-refractivity contribution in [3.8, 4) is 23.0 Å². The minimum absolute atomic E-state index is 0.556. The summed E-state index contributed by atoms with van der Waals surface area (Å²) in [5.41, 5.74) is 1.87. The molecule has 1 aliphatic heterocycles. The summed E-state index contributed by atoms with van der Waals surface area (Å²) in [5, 5.41) is 6.59. The maximum absolute atomic E-state index is 5.88. The zero-order valence-corrected chi connectivity index (χ0v) is 16.6. The Labute approximate surface area is 165 Å². The fraction of sp³-hybridized carbons (Fsp3) is 0.381. The summed E-state index contributed by atoms with van der Waals surface area (Å²) in [6, 6.07) is 11.6. The van der Waals surface area contributed by atoms with E-state index >= 15 is 0 Å². The summed E-state index contributed by atoms with van der Waals surface area (Å²) < 4.78 is 22.6. The molecule has 28 heavy (non-hydrogen) atoms. The summed E-state index contributed by atoms with van der Waals surface area (Å²) in [6.45, 7) is 4.39. The fourth-order valence-corrected chi connectivity index (χ4v) is 2.91. The molecular formula is C21H27N3O4. The summed E-state index contributed by atoms with van der Waals surface area (Å²) in [4.78, 5) is 4.30. The second-order valence-corrected chi connectivity index (χ2v) is 6.14. The molecule has 0 fully saturated rings. The van der Waals surface area contributed by atoms with Gasteiger partial charge in [0.2, 0.25) is 0 Å². The molecule has 1 aliphatic rings. The van der Waals surface area contributed by atoms with Crippen molar-refractivity contribution < 1.29 is 18.9 Å². The summed E-state index contributed by atoms with van der Waals surface area (Å²) in [6.07, 6.45) is 0.879. The van der Waals surface area contributed by atoms with E-state index in [9.17, 15) is 0 Å². The Morgan fingerprint density at radius 3 is 2.79 bits per heavy atom. The second-order valence-electron chi connectivity index (χ2n) is 6.14. The van der Waals surface area contributed by atoms with Gasteiger partial charge in [0.1, 0.15) is 0 Å². The van der Waals surface area contributed by atoms with E-state index < -0.39 is 0 Å². The fourth-order valence-electron chi connectivity index (χ4n) is 2.91. The van der Waals surface area contributed by atoms with Crippen molar-refractivity contribution in [1.82, 2.24) is 5.32 Å². The molecule has 2 aromatic carbocycles. The Hall–Kier alpha value is -3.09. The summed E-state index contributed by atoms with van der Waals surface area (Å²) in [5.74, 6) is 3.60. The first-order valence-electron chi connectivity index (χ1n) is 9.41. The predicted molar refractivity (Wildman–Crippen MR) is 110 cm³/mol. The van der Waals surface area contributed by atoms with E-state index in [1.807, 2.05) is 43.3 Å². The van der Waals surface area contributed by atoms with E-state index in [1.54, 1.807) is 14.2 Å².